The predicted molar refractivity (Wildman–Crippen MR) is 89.0 cm³/mol. The smallest absolute Gasteiger partial charge is 0.257 e. The van der Waals surface area contributed by atoms with Crippen LogP contribution in [0.2, 0.25) is 0 Å². The molecule has 6 nitrogen and oxygen atoms in total. The van der Waals surface area contributed by atoms with Gasteiger partial charge in [-0.15, -0.1) is 0 Å². The number of imide groups is 2. The fourth-order valence-electron chi connectivity index (χ4n) is 4.38. The first kappa shape index (κ1) is 16.2. The lowest BCUT2D eigenvalue weighted by Gasteiger charge is -2.18. The van der Waals surface area contributed by atoms with Gasteiger partial charge in [0.15, 0.2) is 0 Å². The van der Waals surface area contributed by atoms with Crippen molar-refractivity contribution in [3.8, 4) is 0 Å². The van der Waals surface area contributed by atoms with Gasteiger partial charge in [0.1, 0.15) is 0 Å². The Morgan fingerprint density at radius 2 is 0.800 bits per heavy atom. The van der Waals surface area contributed by atoms with E-state index >= 15 is 0 Å². The first-order valence-electron chi connectivity index (χ1n) is 9.26. The normalized spacial score (nSPS) is 23.8. The maximum Gasteiger partial charge on any atom is 0.257 e. The molecular weight excluding hydrogens is 320 g/mol. The van der Waals surface area contributed by atoms with E-state index in [0.717, 1.165) is 25.7 Å². The minimum atomic E-state index is -0.170. The highest BCUT2D eigenvalue weighted by Crippen LogP contribution is 2.34. The van der Waals surface area contributed by atoms with Gasteiger partial charge in [0.25, 0.3) is 23.6 Å². The Bertz CT molecular complexity index is 629. The van der Waals surface area contributed by atoms with E-state index in [1.807, 2.05) is 0 Å². The van der Waals surface area contributed by atoms with Crippen molar-refractivity contribution in [2.24, 2.45) is 0 Å². The lowest BCUT2D eigenvalue weighted by Crippen LogP contribution is -2.37. The maximum absolute atomic E-state index is 12.4. The average molecular weight is 342 g/mol. The molecule has 2 aliphatic carbocycles. The van der Waals surface area contributed by atoms with Crippen LogP contribution in [-0.4, -0.2) is 46.5 Å². The third-order valence-electron chi connectivity index (χ3n) is 5.71. The number of carbonyl (C=O) groups is 4. The Morgan fingerprint density at radius 3 is 1.08 bits per heavy atom. The van der Waals surface area contributed by atoms with Crippen LogP contribution in [0.25, 0.3) is 0 Å². The predicted octanol–water partition coefficient (Wildman–Crippen LogP) is 1.86. The second kappa shape index (κ2) is 6.24. The molecule has 25 heavy (non-hydrogen) atoms. The number of amides is 4. The van der Waals surface area contributed by atoms with Gasteiger partial charge in [-0.3, -0.25) is 29.0 Å². The Hall–Kier alpha value is -2.24. The van der Waals surface area contributed by atoms with Gasteiger partial charge < -0.3 is 0 Å². The van der Waals surface area contributed by atoms with Crippen molar-refractivity contribution in [1.82, 2.24) is 9.80 Å². The van der Waals surface area contributed by atoms with E-state index in [2.05, 4.69) is 0 Å². The molecule has 132 valence electrons. The zero-order valence-corrected chi connectivity index (χ0v) is 14.3. The highest BCUT2D eigenvalue weighted by atomic mass is 16.2. The standard InChI is InChI=1S/C19H22N2O4/c22-16-12-6-1-2-7-13(12)17(23)20(16)10-5-11-21-18(24)14-8-3-4-9-15(14)19(21)25/h1-11H2. The molecule has 0 spiro atoms. The maximum atomic E-state index is 12.4. The van der Waals surface area contributed by atoms with Crippen LogP contribution < -0.4 is 0 Å². The molecule has 0 aromatic rings. The topological polar surface area (TPSA) is 74.8 Å². The monoisotopic (exact) mass is 342 g/mol. The van der Waals surface area contributed by atoms with Crippen molar-refractivity contribution in [1.29, 1.82) is 0 Å². The van der Waals surface area contributed by atoms with Crippen molar-refractivity contribution >= 4 is 23.6 Å². The van der Waals surface area contributed by atoms with E-state index in [-0.39, 0.29) is 36.7 Å². The molecule has 4 aliphatic rings. The molecule has 0 saturated heterocycles. The van der Waals surface area contributed by atoms with Crippen molar-refractivity contribution in [3.63, 3.8) is 0 Å². The first-order valence-corrected chi connectivity index (χ1v) is 9.26. The Kier molecular flexibility index (Phi) is 4.06. The minimum absolute atomic E-state index is 0.170. The summed E-state index contributed by atoms with van der Waals surface area (Å²) in [6.45, 7) is 0.540. The molecule has 0 atom stereocenters. The van der Waals surface area contributed by atoms with Gasteiger partial charge in [-0.1, -0.05) is 0 Å². The van der Waals surface area contributed by atoms with Crippen molar-refractivity contribution in [2.45, 2.75) is 57.8 Å². The van der Waals surface area contributed by atoms with E-state index < -0.39 is 0 Å². The molecule has 0 N–H and O–H groups in total. The molecule has 0 unspecified atom stereocenters. The number of carbonyl (C=O) groups excluding carboxylic acids is 4. The molecule has 0 aromatic heterocycles. The Labute approximate surface area is 146 Å². The quantitative estimate of drug-likeness (QED) is 0.731. The van der Waals surface area contributed by atoms with Crippen LogP contribution in [-0.2, 0) is 19.2 Å². The fraction of sp³-hybridized carbons (Fsp3) is 0.579. The van der Waals surface area contributed by atoms with E-state index in [9.17, 15) is 19.2 Å². The van der Waals surface area contributed by atoms with Gasteiger partial charge in [0.2, 0.25) is 0 Å². The minimum Gasteiger partial charge on any atom is -0.275 e. The molecule has 2 heterocycles. The molecular formula is C19H22N2O4. The largest absolute Gasteiger partial charge is 0.275 e. The molecule has 0 fully saturated rings. The second-order valence-corrected chi connectivity index (χ2v) is 7.21. The molecule has 0 saturated carbocycles. The van der Waals surface area contributed by atoms with Gasteiger partial charge >= 0.3 is 0 Å². The number of hydrogen-bond donors (Lipinski definition) is 0. The zero-order valence-electron chi connectivity index (χ0n) is 14.3. The molecule has 0 radical (unpaired) electrons. The van der Waals surface area contributed by atoms with Crippen LogP contribution in [0, 0.1) is 0 Å². The summed E-state index contributed by atoms with van der Waals surface area (Å²) in [5.41, 5.74) is 2.73. The third kappa shape index (κ3) is 2.55. The number of nitrogens with zero attached hydrogens (tertiary/aromatic N) is 2. The van der Waals surface area contributed by atoms with E-state index in [0.29, 0.717) is 54.4 Å². The van der Waals surface area contributed by atoms with Crippen LogP contribution in [0.3, 0.4) is 0 Å². The highest BCUT2D eigenvalue weighted by Gasteiger charge is 2.40. The summed E-state index contributed by atoms with van der Waals surface area (Å²) in [7, 11) is 0. The molecule has 2 aliphatic heterocycles. The van der Waals surface area contributed by atoms with Gasteiger partial charge in [0.05, 0.1) is 0 Å². The summed E-state index contributed by atoms with van der Waals surface area (Å²) in [5.74, 6) is -0.681. The van der Waals surface area contributed by atoms with Gasteiger partial charge in [0, 0.05) is 35.4 Å². The summed E-state index contributed by atoms with van der Waals surface area (Å²) in [4.78, 5) is 52.2. The van der Waals surface area contributed by atoms with Crippen LogP contribution in [0.4, 0.5) is 0 Å². The van der Waals surface area contributed by atoms with Crippen LogP contribution in [0.15, 0.2) is 22.3 Å². The number of rotatable bonds is 4. The third-order valence-corrected chi connectivity index (χ3v) is 5.71. The summed E-state index contributed by atoms with van der Waals surface area (Å²) < 4.78 is 0. The van der Waals surface area contributed by atoms with E-state index in [4.69, 9.17) is 0 Å². The molecule has 4 amide bonds. The fourth-order valence-corrected chi connectivity index (χ4v) is 4.38. The molecule has 6 heteroatoms. The van der Waals surface area contributed by atoms with Gasteiger partial charge in [-0.05, 0) is 57.8 Å². The Morgan fingerprint density at radius 1 is 0.520 bits per heavy atom. The molecule has 0 bridgehead atoms. The summed E-state index contributed by atoms with van der Waals surface area (Å²) in [5, 5.41) is 0. The first-order chi connectivity index (χ1) is 12.1. The highest BCUT2D eigenvalue weighted by molar-refractivity contribution is 6.20. The Balaban J connectivity index is 1.36. The van der Waals surface area contributed by atoms with Crippen LogP contribution in [0.1, 0.15) is 57.8 Å². The van der Waals surface area contributed by atoms with Crippen LogP contribution >= 0.6 is 0 Å². The lowest BCUT2D eigenvalue weighted by molar-refractivity contribution is -0.137. The summed E-state index contributed by atoms with van der Waals surface area (Å²) >= 11 is 0. The van der Waals surface area contributed by atoms with Crippen molar-refractivity contribution in [2.75, 3.05) is 13.1 Å². The molecule has 4 rings (SSSR count). The zero-order chi connectivity index (χ0) is 17.6. The lowest BCUT2D eigenvalue weighted by atomic mass is 9.93. The second-order valence-electron chi connectivity index (χ2n) is 7.21. The SMILES string of the molecule is O=C1C2=C(CCCC2)C(=O)N1CCCN1C(=O)C2=C(CCCC2)C1=O. The van der Waals surface area contributed by atoms with Crippen molar-refractivity contribution in [3.05, 3.63) is 22.3 Å². The summed E-state index contributed by atoms with van der Waals surface area (Å²) in [6, 6.07) is 0. The van der Waals surface area contributed by atoms with Crippen molar-refractivity contribution < 1.29 is 19.2 Å². The van der Waals surface area contributed by atoms with E-state index in [1.165, 1.54) is 9.80 Å². The molecule has 0 aromatic carbocycles. The number of hydrogen-bond acceptors (Lipinski definition) is 4. The van der Waals surface area contributed by atoms with Crippen LogP contribution in [0.5, 0.6) is 0 Å². The average Bonchev–Trinajstić information content (AvgIpc) is 3.03. The van der Waals surface area contributed by atoms with E-state index in [1.54, 1.807) is 0 Å². The summed E-state index contributed by atoms with van der Waals surface area (Å²) in [6.07, 6.45) is 7.04. The van der Waals surface area contributed by atoms with Gasteiger partial charge in [-0.25, -0.2) is 0 Å². The van der Waals surface area contributed by atoms with Gasteiger partial charge in [-0.2, -0.15) is 0 Å².